The van der Waals surface area contributed by atoms with Gasteiger partial charge in [-0.3, -0.25) is 24.9 Å². The summed E-state index contributed by atoms with van der Waals surface area (Å²) >= 11 is 0. The first kappa shape index (κ1) is 16.7. The molecule has 0 aliphatic rings. The largest absolute Gasteiger partial charge is 0.464 e. The highest BCUT2D eigenvalue weighted by Gasteiger charge is 2.16. The van der Waals surface area contributed by atoms with E-state index in [4.69, 9.17) is 5.73 Å². The normalized spacial score (nSPS) is 10.3. The average Bonchev–Trinajstić information content (AvgIpc) is 3.35. The molecule has 0 radical (unpaired) electrons. The number of rotatable bonds is 5. The standard InChI is InChI=1S/C13H13N9O4/c1-26-13(25)7-4-10(22-19-7)16-12(24)6-3-9(21-18-6)15-11(23)5-2-8(14)20-17-5/h2-4H,1H3,(H3,14,17,20)(H2,15,18,21,23)(H2,16,19,22,24). The van der Waals surface area contributed by atoms with Crippen LogP contribution in [-0.4, -0.2) is 55.5 Å². The lowest BCUT2D eigenvalue weighted by Crippen LogP contribution is -2.13. The molecule has 0 aromatic carbocycles. The van der Waals surface area contributed by atoms with E-state index in [9.17, 15) is 14.4 Å². The molecular weight excluding hydrogens is 346 g/mol. The molecule has 2 amide bonds. The Morgan fingerprint density at radius 2 is 1.38 bits per heavy atom. The maximum atomic E-state index is 12.1. The van der Waals surface area contributed by atoms with Gasteiger partial charge in [0.1, 0.15) is 22.9 Å². The topological polar surface area (TPSA) is 197 Å². The number of amides is 2. The molecule has 0 saturated heterocycles. The molecule has 3 aromatic heterocycles. The number of hydrogen-bond donors (Lipinski definition) is 6. The lowest BCUT2D eigenvalue weighted by molar-refractivity contribution is 0.0593. The fraction of sp³-hybridized carbons (Fsp3) is 0.0769. The minimum absolute atomic E-state index is 0.0621. The lowest BCUT2D eigenvalue weighted by atomic mass is 10.3. The van der Waals surface area contributed by atoms with Crippen LogP contribution in [0.2, 0.25) is 0 Å². The molecule has 0 spiro atoms. The molecular formula is C13H13N9O4. The molecule has 0 unspecified atom stereocenters. The van der Waals surface area contributed by atoms with Crippen molar-refractivity contribution in [2.45, 2.75) is 0 Å². The predicted octanol–water partition coefficient (Wildman–Crippen LogP) is -0.271. The number of hydrogen-bond acceptors (Lipinski definition) is 8. The van der Waals surface area contributed by atoms with E-state index in [0.717, 1.165) is 0 Å². The summed E-state index contributed by atoms with van der Waals surface area (Å²) in [6.45, 7) is 0. The molecule has 134 valence electrons. The monoisotopic (exact) mass is 359 g/mol. The van der Waals surface area contributed by atoms with Crippen LogP contribution in [0.4, 0.5) is 17.5 Å². The van der Waals surface area contributed by atoms with Crippen molar-refractivity contribution < 1.29 is 19.1 Å². The third-order valence-electron chi connectivity index (χ3n) is 3.13. The molecule has 0 aliphatic carbocycles. The van der Waals surface area contributed by atoms with E-state index in [1.807, 2.05) is 0 Å². The number of nitrogen functional groups attached to an aromatic ring is 1. The minimum Gasteiger partial charge on any atom is -0.464 e. The Labute approximate surface area is 144 Å². The highest BCUT2D eigenvalue weighted by Crippen LogP contribution is 2.11. The second kappa shape index (κ2) is 6.76. The summed E-state index contributed by atoms with van der Waals surface area (Å²) in [4.78, 5) is 35.4. The van der Waals surface area contributed by atoms with Gasteiger partial charge in [0.2, 0.25) is 0 Å². The molecule has 0 saturated carbocycles. The summed E-state index contributed by atoms with van der Waals surface area (Å²) in [5, 5.41) is 23.5. The van der Waals surface area contributed by atoms with E-state index in [1.165, 1.54) is 25.3 Å². The van der Waals surface area contributed by atoms with Gasteiger partial charge < -0.3 is 21.1 Å². The molecule has 13 heteroatoms. The van der Waals surface area contributed by atoms with Crippen LogP contribution in [0, 0.1) is 0 Å². The first-order chi connectivity index (χ1) is 12.5. The molecule has 0 atom stereocenters. The lowest BCUT2D eigenvalue weighted by Gasteiger charge is -1.98. The van der Waals surface area contributed by atoms with Gasteiger partial charge in [0, 0.05) is 18.2 Å². The average molecular weight is 359 g/mol. The van der Waals surface area contributed by atoms with Crippen LogP contribution in [-0.2, 0) is 4.74 Å². The third kappa shape index (κ3) is 3.50. The molecule has 0 bridgehead atoms. The quantitative estimate of drug-likeness (QED) is 0.334. The highest BCUT2D eigenvalue weighted by atomic mass is 16.5. The maximum absolute atomic E-state index is 12.1. The second-order valence-electron chi connectivity index (χ2n) is 4.94. The summed E-state index contributed by atoms with van der Waals surface area (Å²) in [7, 11) is 1.22. The maximum Gasteiger partial charge on any atom is 0.356 e. The van der Waals surface area contributed by atoms with Gasteiger partial charge in [-0.15, -0.1) is 0 Å². The van der Waals surface area contributed by atoms with Gasteiger partial charge in [-0.05, 0) is 0 Å². The molecule has 3 heterocycles. The molecule has 0 aliphatic heterocycles. The molecule has 0 fully saturated rings. The Bertz CT molecular complexity index is 970. The Hall–Kier alpha value is -4.16. The van der Waals surface area contributed by atoms with Crippen LogP contribution in [0.5, 0.6) is 0 Å². The number of esters is 1. The van der Waals surface area contributed by atoms with E-state index in [0.29, 0.717) is 0 Å². The molecule has 13 nitrogen and oxygen atoms in total. The number of nitrogens with two attached hydrogens (primary N) is 1. The van der Waals surface area contributed by atoms with Gasteiger partial charge in [0.25, 0.3) is 11.8 Å². The predicted molar refractivity (Wildman–Crippen MR) is 87.4 cm³/mol. The van der Waals surface area contributed by atoms with E-state index in [-0.39, 0.29) is 34.5 Å². The zero-order valence-corrected chi connectivity index (χ0v) is 13.3. The van der Waals surface area contributed by atoms with Crippen molar-refractivity contribution in [2.75, 3.05) is 23.5 Å². The fourth-order valence-corrected chi connectivity index (χ4v) is 1.92. The van der Waals surface area contributed by atoms with E-state index in [1.54, 1.807) is 0 Å². The van der Waals surface area contributed by atoms with Crippen LogP contribution in [0.15, 0.2) is 18.2 Å². The zero-order valence-electron chi connectivity index (χ0n) is 13.3. The number of aromatic amines is 3. The number of ether oxygens (including phenoxy) is 1. The van der Waals surface area contributed by atoms with Gasteiger partial charge in [-0.1, -0.05) is 0 Å². The molecule has 26 heavy (non-hydrogen) atoms. The second-order valence-corrected chi connectivity index (χ2v) is 4.94. The number of H-pyrrole nitrogens is 3. The van der Waals surface area contributed by atoms with Gasteiger partial charge in [0.05, 0.1) is 7.11 Å². The number of anilines is 3. The Morgan fingerprint density at radius 3 is 1.92 bits per heavy atom. The van der Waals surface area contributed by atoms with Crippen molar-refractivity contribution >= 4 is 35.2 Å². The third-order valence-corrected chi connectivity index (χ3v) is 3.13. The number of aromatic nitrogens is 6. The van der Waals surface area contributed by atoms with Crippen molar-refractivity contribution in [1.29, 1.82) is 0 Å². The number of carbonyl (C=O) groups excluding carboxylic acids is 3. The van der Waals surface area contributed by atoms with E-state index >= 15 is 0 Å². The van der Waals surface area contributed by atoms with E-state index < -0.39 is 17.8 Å². The van der Waals surface area contributed by atoms with Gasteiger partial charge in [-0.2, -0.15) is 15.3 Å². The first-order valence-electron chi connectivity index (χ1n) is 7.09. The summed E-state index contributed by atoms with van der Waals surface area (Å²) in [6, 6.07) is 3.98. The number of methoxy groups -OCH3 is 1. The summed E-state index contributed by atoms with van der Waals surface area (Å²) in [5.74, 6) is -1.32. The van der Waals surface area contributed by atoms with Crippen LogP contribution in [0.1, 0.15) is 31.5 Å². The van der Waals surface area contributed by atoms with Crippen molar-refractivity contribution in [3.63, 3.8) is 0 Å². The smallest absolute Gasteiger partial charge is 0.356 e. The van der Waals surface area contributed by atoms with Crippen LogP contribution >= 0.6 is 0 Å². The van der Waals surface area contributed by atoms with Crippen molar-refractivity contribution in [2.24, 2.45) is 0 Å². The van der Waals surface area contributed by atoms with Gasteiger partial charge >= 0.3 is 5.97 Å². The van der Waals surface area contributed by atoms with Crippen molar-refractivity contribution in [3.05, 3.63) is 35.3 Å². The van der Waals surface area contributed by atoms with Crippen LogP contribution < -0.4 is 16.4 Å². The summed E-state index contributed by atoms with van der Waals surface area (Å²) < 4.78 is 4.52. The number of carbonyl (C=O) groups is 3. The van der Waals surface area contributed by atoms with Crippen LogP contribution in [0.25, 0.3) is 0 Å². The Morgan fingerprint density at radius 1 is 0.885 bits per heavy atom. The minimum atomic E-state index is -0.621. The van der Waals surface area contributed by atoms with Gasteiger partial charge in [0.15, 0.2) is 11.6 Å². The van der Waals surface area contributed by atoms with E-state index in [2.05, 4.69) is 46.0 Å². The summed E-state index contributed by atoms with van der Waals surface area (Å²) in [6.07, 6.45) is 0. The Kier molecular flexibility index (Phi) is 4.34. The Balaban J connectivity index is 1.63. The molecule has 3 aromatic rings. The summed E-state index contributed by atoms with van der Waals surface area (Å²) in [5.41, 5.74) is 5.71. The zero-order chi connectivity index (χ0) is 18.7. The highest BCUT2D eigenvalue weighted by molar-refractivity contribution is 6.05. The SMILES string of the molecule is COC(=O)c1cc(NC(=O)c2cc(NC(=O)c3cc(N)n[nH]3)n[nH]2)n[nH]1. The van der Waals surface area contributed by atoms with Crippen LogP contribution in [0.3, 0.4) is 0 Å². The van der Waals surface area contributed by atoms with Crippen molar-refractivity contribution in [1.82, 2.24) is 30.6 Å². The molecule has 3 rings (SSSR count). The first-order valence-corrected chi connectivity index (χ1v) is 7.09. The fourth-order valence-electron chi connectivity index (χ4n) is 1.92. The number of nitrogens with zero attached hydrogens (tertiary/aromatic N) is 3. The van der Waals surface area contributed by atoms with Crippen molar-refractivity contribution in [3.8, 4) is 0 Å². The molecule has 7 N–H and O–H groups in total. The van der Waals surface area contributed by atoms with Gasteiger partial charge in [-0.25, -0.2) is 4.79 Å². The number of nitrogens with one attached hydrogen (secondary N) is 5.